The molecular weight excluding hydrogens is 336 g/mol. The molecule has 1 aromatic carbocycles. The highest BCUT2D eigenvalue weighted by Crippen LogP contribution is 2.39. The number of aldehydes is 2. The van der Waals surface area contributed by atoms with Crippen LogP contribution in [0.25, 0.3) is 20.2 Å². The Morgan fingerprint density at radius 1 is 0.750 bits per heavy atom. The molecule has 0 fully saturated rings. The smallest absolute Gasteiger partial charge is 0.160 e. The maximum absolute atomic E-state index is 11.3. The molecule has 0 bridgehead atoms. The first kappa shape index (κ1) is 16.8. The molecule has 24 heavy (non-hydrogen) atoms. The Morgan fingerprint density at radius 2 is 1.42 bits per heavy atom. The fourth-order valence-corrected chi connectivity index (χ4v) is 5.01. The number of carbonyl (C=O) groups is 2. The van der Waals surface area contributed by atoms with Crippen molar-refractivity contribution in [1.82, 2.24) is 0 Å². The minimum absolute atomic E-state index is 0.748. The van der Waals surface area contributed by atoms with Crippen LogP contribution < -0.4 is 0 Å². The summed E-state index contributed by atoms with van der Waals surface area (Å²) in [5, 5.41) is 0. The normalized spacial score (nSPS) is 10.8. The average Bonchev–Trinajstić information content (AvgIpc) is 3.28. The molecule has 2 heterocycles. The maximum Gasteiger partial charge on any atom is 0.160 e. The molecule has 0 saturated carbocycles. The zero-order chi connectivity index (χ0) is 17.1. The second-order valence-electron chi connectivity index (χ2n) is 5.47. The molecule has 0 saturated heterocycles. The number of hydrogen-bond acceptors (Lipinski definition) is 4. The van der Waals surface area contributed by atoms with Crippen molar-refractivity contribution in [1.29, 1.82) is 0 Å². The SMILES string of the molecule is CCc1c(C=O)ccc(-c2ccc(-c3ccc(C=O)s3)s2)c1CC. The number of hydrogen-bond donors (Lipinski definition) is 0. The lowest BCUT2D eigenvalue weighted by molar-refractivity contribution is 0.111. The van der Waals surface area contributed by atoms with Gasteiger partial charge in [0.2, 0.25) is 0 Å². The van der Waals surface area contributed by atoms with E-state index in [2.05, 4.69) is 32.0 Å². The predicted octanol–water partition coefficient (Wildman–Crippen LogP) is 5.89. The van der Waals surface area contributed by atoms with Crippen molar-refractivity contribution in [3.05, 3.63) is 58.0 Å². The van der Waals surface area contributed by atoms with Gasteiger partial charge in [0.25, 0.3) is 0 Å². The van der Waals surface area contributed by atoms with Gasteiger partial charge in [-0.15, -0.1) is 22.7 Å². The van der Waals surface area contributed by atoms with E-state index in [0.29, 0.717) is 0 Å². The number of rotatable bonds is 6. The lowest BCUT2D eigenvalue weighted by Gasteiger charge is -2.13. The quantitative estimate of drug-likeness (QED) is 0.517. The third-order valence-corrected chi connectivity index (χ3v) is 6.48. The van der Waals surface area contributed by atoms with Crippen molar-refractivity contribution in [2.75, 3.05) is 0 Å². The maximum atomic E-state index is 11.3. The first-order valence-electron chi connectivity index (χ1n) is 7.97. The van der Waals surface area contributed by atoms with Crippen molar-refractivity contribution in [3.8, 4) is 20.2 Å². The Morgan fingerprint density at radius 3 is 2.04 bits per heavy atom. The van der Waals surface area contributed by atoms with E-state index in [0.717, 1.165) is 46.3 Å². The van der Waals surface area contributed by atoms with Crippen molar-refractivity contribution >= 4 is 35.2 Å². The van der Waals surface area contributed by atoms with Gasteiger partial charge in [0.1, 0.15) is 6.29 Å². The highest BCUT2D eigenvalue weighted by atomic mass is 32.1. The average molecular weight is 354 g/mol. The van der Waals surface area contributed by atoms with Gasteiger partial charge in [-0.3, -0.25) is 9.59 Å². The molecule has 4 heteroatoms. The van der Waals surface area contributed by atoms with Crippen LogP contribution in [0.3, 0.4) is 0 Å². The first-order valence-corrected chi connectivity index (χ1v) is 9.60. The Labute approximate surface area is 149 Å². The van der Waals surface area contributed by atoms with E-state index >= 15 is 0 Å². The van der Waals surface area contributed by atoms with Gasteiger partial charge in [0.15, 0.2) is 6.29 Å². The molecule has 2 aromatic heterocycles. The molecule has 0 spiro atoms. The van der Waals surface area contributed by atoms with Gasteiger partial charge in [-0.25, -0.2) is 0 Å². The number of benzene rings is 1. The van der Waals surface area contributed by atoms with E-state index in [4.69, 9.17) is 0 Å². The Bertz CT molecular complexity index is 887. The summed E-state index contributed by atoms with van der Waals surface area (Å²) in [6, 6.07) is 12.1. The van der Waals surface area contributed by atoms with E-state index in [-0.39, 0.29) is 0 Å². The molecule has 0 atom stereocenters. The van der Waals surface area contributed by atoms with Crippen LogP contribution in [0.2, 0.25) is 0 Å². The van der Waals surface area contributed by atoms with Crippen LogP contribution in [0.15, 0.2) is 36.4 Å². The first-order chi connectivity index (χ1) is 11.7. The van der Waals surface area contributed by atoms with Gasteiger partial charge >= 0.3 is 0 Å². The second kappa shape index (κ2) is 7.24. The lowest BCUT2D eigenvalue weighted by Crippen LogP contribution is -1.99. The summed E-state index contributed by atoms with van der Waals surface area (Å²) >= 11 is 3.25. The summed E-state index contributed by atoms with van der Waals surface area (Å²) in [5.41, 5.74) is 4.42. The fourth-order valence-electron chi connectivity index (χ4n) is 3.04. The van der Waals surface area contributed by atoms with Gasteiger partial charge < -0.3 is 0 Å². The van der Waals surface area contributed by atoms with E-state index in [9.17, 15) is 9.59 Å². The highest BCUT2D eigenvalue weighted by Gasteiger charge is 2.14. The molecule has 0 radical (unpaired) electrons. The molecule has 3 rings (SSSR count). The third-order valence-electron chi connectivity index (χ3n) is 4.16. The fraction of sp³-hybridized carbons (Fsp3) is 0.200. The molecule has 0 unspecified atom stereocenters. The summed E-state index contributed by atoms with van der Waals surface area (Å²) in [6.45, 7) is 4.23. The van der Waals surface area contributed by atoms with Crippen molar-refractivity contribution in [3.63, 3.8) is 0 Å². The molecule has 122 valence electrons. The Kier molecular flexibility index (Phi) is 5.07. The largest absolute Gasteiger partial charge is 0.298 e. The van der Waals surface area contributed by atoms with E-state index in [1.807, 2.05) is 18.2 Å². The van der Waals surface area contributed by atoms with E-state index in [1.165, 1.54) is 32.2 Å². The zero-order valence-electron chi connectivity index (χ0n) is 13.7. The Balaban J connectivity index is 2.06. The number of thiophene rings is 2. The summed E-state index contributed by atoms with van der Waals surface area (Å²) in [4.78, 5) is 26.4. The standard InChI is InChI=1S/C20H18O2S2/c1-3-15-13(11-21)5-7-17(16(15)4-2)18-9-10-20(24-18)19-8-6-14(12-22)23-19/h5-12H,3-4H2,1-2H3. The van der Waals surface area contributed by atoms with E-state index < -0.39 is 0 Å². The minimum atomic E-state index is 0.748. The molecule has 3 aromatic rings. The molecule has 0 amide bonds. The topological polar surface area (TPSA) is 34.1 Å². The van der Waals surface area contributed by atoms with Crippen molar-refractivity contribution < 1.29 is 9.59 Å². The van der Waals surface area contributed by atoms with Crippen LogP contribution >= 0.6 is 22.7 Å². The van der Waals surface area contributed by atoms with Crippen LogP contribution in [-0.4, -0.2) is 12.6 Å². The highest BCUT2D eigenvalue weighted by molar-refractivity contribution is 7.24. The second-order valence-corrected chi connectivity index (χ2v) is 7.67. The molecule has 0 aliphatic heterocycles. The Hall–Kier alpha value is -2.04. The number of carbonyl (C=O) groups excluding carboxylic acids is 2. The molecule has 0 N–H and O–H groups in total. The van der Waals surface area contributed by atoms with Gasteiger partial charge in [-0.05, 0) is 53.8 Å². The van der Waals surface area contributed by atoms with Crippen LogP contribution in [0.1, 0.15) is 45.0 Å². The van der Waals surface area contributed by atoms with Crippen molar-refractivity contribution in [2.45, 2.75) is 26.7 Å². The van der Waals surface area contributed by atoms with Crippen LogP contribution in [0, 0.1) is 0 Å². The monoisotopic (exact) mass is 354 g/mol. The third kappa shape index (κ3) is 2.99. The molecular formula is C20H18O2S2. The molecule has 2 nitrogen and oxygen atoms in total. The van der Waals surface area contributed by atoms with Gasteiger partial charge in [-0.2, -0.15) is 0 Å². The predicted molar refractivity (Wildman–Crippen MR) is 103 cm³/mol. The summed E-state index contributed by atoms with van der Waals surface area (Å²) < 4.78 is 0. The van der Waals surface area contributed by atoms with Crippen LogP contribution in [-0.2, 0) is 12.8 Å². The van der Waals surface area contributed by atoms with Crippen LogP contribution in [0.5, 0.6) is 0 Å². The van der Waals surface area contributed by atoms with Crippen molar-refractivity contribution in [2.24, 2.45) is 0 Å². The van der Waals surface area contributed by atoms with Gasteiger partial charge in [0.05, 0.1) is 4.88 Å². The summed E-state index contributed by atoms with van der Waals surface area (Å²) in [7, 11) is 0. The van der Waals surface area contributed by atoms with Crippen LogP contribution in [0.4, 0.5) is 0 Å². The van der Waals surface area contributed by atoms with Gasteiger partial charge in [0, 0.05) is 20.2 Å². The lowest BCUT2D eigenvalue weighted by atomic mass is 9.92. The molecule has 0 aliphatic carbocycles. The molecule has 0 aliphatic rings. The zero-order valence-corrected chi connectivity index (χ0v) is 15.3. The minimum Gasteiger partial charge on any atom is -0.298 e. The van der Waals surface area contributed by atoms with E-state index in [1.54, 1.807) is 11.3 Å². The summed E-state index contributed by atoms with van der Waals surface area (Å²) in [5.74, 6) is 0. The summed E-state index contributed by atoms with van der Waals surface area (Å²) in [6.07, 6.45) is 3.61. The van der Waals surface area contributed by atoms with Gasteiger partial charge in [-0.1, -0.05) is 26.0 Å².